The highest BCUT2D eigenvalue weighted by molar-refractivity contribution is 8.14. The van der Waals surface area contributed by atoms with E-state index in [1.165, 1.54) is 0 Å². The number of rotatable bonds is 1. The third-order valence-electron chi connectivity index (χ3n) is 2.22. The lowest BCUT2D eigenvalue weighted by atomic mass is 10.3. The third kappa shape index (κ3) is 2.41. The van der Waals surface area contributed by atoms with E-state index in [4.69, 9.17) is 28.6 Å². The van der Waals surface area contributed by atoms with Crippen LogP contribution in [0.15, 0.2) is 18.2 Å². The summed E-state index contributed by atoms with van der Waals surface area (Å²) in [5, 5.41) is 9.50. The van der Waals surface area contributed by atoms with Crippen molar-refractivity contribution in [2.24, 2.45) is 0 Å². The van der Waals surface area contributed by atoms with Crippen molar-refractivity contribution in [3.8, 4) is 0 Å². The molecule has 5 heteroatoms. The van der Waals surface area contributed by atoms with E-state index in [2.05, 4.69) is 0 Å². The van der Waals surface area contributed by atoms with Gasteiger partial charge in [0.15, 0.2) is 5.17 Å². The molecule has 0 atom stereocenters. The van der Waals surface area contributed by atoms with Crippen LogP contribution in [0.2, 0.25) is 10.0 Å². The normalized spacial score (nSPS) is 16.9. The van der Waals surface area contributed by atoms with Crippen molar-refractivity contribution in [2.45, 2.75) is 6.42 Å². The van der Waals surface area contributed by atoms with E-state index in [1.54, 1.807) is 17.8 Å². The fourth-order valence-electron chi connectivity index (χ4n) is 1.47. The van der Waals surface area contributed by atoms with Gasteiger partial charge in [-0.05, 0) is 24.6 Å². The number of benzene rings is 1. The summed E-state index contributed by atoms with van der Waals surface area (Å²) < 4.78 is 0. The predicted octanol–water partition coefficient (Wildman–Crippen LogP) is 3.87. The van der Waals surface area contributed by atoms with Crippen LogP contribution in [-0.2, 0) is 0 Å². The van der Waals surface area contributed by atoms with Crippen molar-refractivity contribution in [2.75, 3.05) is 17.2 Å². The van der Waals surface area contributed by atoms with Crippen LogP contribution in [0.4, 0.5) is 5.69 Å². The van der Waals surface area contributed by atoms with Gasteiger partial charge in [-0.1, -0.05) is 35.0 Å². The fourth-order valence-corrected chi connectivity index (χ4v) is 2.58. The summed E-state index contributed by atoms with van der Waals surface area (Å²) in [6.45, 7) is 0.879. The molecule has 1 aromatic rings. The molecule has 1 N–H and O–H groups in total. The predicted molar refractivity (Wildman–Crippen MR) is 68.6 cm³/mol. The van der Waals surface area contributed by atoms with Gasteiger partial charge in [-0.3, -0.25) is 5.41 Å². The Balaban J connectivity index is 2.28. The van der Waals surface area contributed by atoms with Crippen molar-refractivity contribution in [1.29, 1.82) is 5.41 Å². The zero-order valence-electron chi connectivity index (χ0n) is 7.96. The molecule has 0 bridgehead atoms. The molecule has 1 saturated heterocycles. The van der Waals surface area contributed by atoms with E-state index in [0.29, 0.717) is 15.2 Å². The minimum Gasteiger partial charge on any atom is -0.321 e. The van der Waals surface area contributed by atoms with Crippen LogP contribution in [0, 0.1) is 5.41 Å². The lowest BCUT2D eigenvalue weighted by molar-refractivity contribution is 0.903. The monoisotopic (exact) mass is 260 g/mol. The number of hydrogen-bond acceptors (Lipinski definition) is 2. The highest BCUT2D eigenvalue weighted by atomic mass is 35.5. The van der Waals surface area contributed by atoms with Crippen LogP contribution >= 0.6 is 35.0 Å². The second kappa shape index (κ2) is 4.64. The molecule has 0 spiro atoms. The number of hydrogen-bond donors (Lipinski definition) is 1. The number of nitrogens with one attached hydrogen (secondary N) is 1. The SMILES string of the molecule is N=C1SCCCN1c1ccc(Cl)c(Cl)c1. The van der Waals surface area contributed by atoms with Gasteiger partial charge in [-0.25, -0.2) is 0 Å². The number of halogens is 2. The standard InChI is InChI=1S/C10H10Cl2N2S/c11-8-3-2-7(6-9(8)12)14-4-1-5-15-10(14)13/h2-3,6,13H,1,4-5H2. The first-order chi connectivity index (χ1) is 7.18. The summed E-state index contributed by atoms with van der Waals surface area (Å²) in [7, 11) is 0. The van der Waals surface area contributed by atoms with Crippen LogP contribution in [0.25, 0.3) is 0 Å². The molecule has 0 saturated carbocycles. The van der Waals surface area contributed by atoms with Crippen LogP contribution in [0.5, 0.6) is 0 Å². The summed E-state index contributed by atoms with van der Waals surface area (Å²) in [4.78, 5) is 1.95. The average Bonchev–Trinajstić information content (AvgIpc) is 2.23. The molecule has 1 heterocycles. The smallest absolute Gasteiger partial charge is 0.160 e. The van der Waals surface area contributed by atoms with Gasteiger partial charge in [0.25, 0.3) is 0 Å². The summed E-state index contributed by atoms with van der Waals surface area (Å²) in [6, 6.07) is 5.48. The Morgan fingerprint density at radius 2 is 2.07 bits per heavy atom. The van der Waals surface area contributed by atoms with Crippen molar-refractivity contribution in [3.05, 3.63) is 28.2 Å². The zero-order chi connectivity index (χ0) is 10.8. The Kier molecular flexibility index (Phi) is 3.44. The summed E-state index contributed by atoms with van der Waals surface area (Å²) in [6.07, 6.45) is 1.09. The molecule has 0 aromatic heterocycles. The van der Waals surface area contributed by atoms with Crippen molar-refractivity contribution < 1.29 is 0 Å². The van der Waals surface area contributed by atoms with Gasteiger partial charge >= 0.3 is 0 Å². The topological polar surface area (TPSA) is 27.1 Å². The maximum Gasteiger partial charge on any atom is 0.160 e. The number of anilines is 1. The maximum absolute atomic E-state index is 7.82. The zero-order valence-corrected chi connectivity index (χ0v) is 10.3. The van der Waals surface area contributed by atoms with Gasteiger partial charge in [0.05, 0.1) is 10.0 Å². The average molecular weight is 261 g/mol. The highest BCUT2D eigenvalue weighted by Gasteiger charge is 2.17. The third-order valence-corrected chi connectivity index (χ3v) is 3.95. The van der Waals surface area contributed by atoms with Crippen LogP contribution in [-0.4, -0.2) is 17.5 Å². The van der Waals surface area contributed by atoms with E-state index in [1.807, 2.05) is 17.0 Å². The summed E-state index contributed by atoms with van der Waals surface area (Å²) in [5.41, 5.74) is 0.946. The molecule has 15 heavy (non-hydrogen) atoms. The van der Waals surface area contributed by atoms with E-state index in [-0.39, 0.29) is 0 Å². The Labute approximate surface area is 103 Å². The fraction of sp³-hybridized carbons (Fsp3) is 0.300. The Morgan fingerprint density at radius 1 is 1.27 bits per heavy atom. The maximum atomic E-state index is 7.82. The molecule has 80 valence electrons. The molecule has 0 unspecified atom stereocenters. The second-order valence-electron chi connectivity index (χ2n) is 3.26. The molecule has 2 nitrogen and oxygen atoms in total. The van der Waals surface area contributed by atoms with Gasteiger partial charge < -0.3 is 4.90 Å². The highest BCUT2D eigenvalue weighted by Crippen LogP contribution is 2.30. The van der Waals surface area contributed by atoms with Crippen LogP contribution < -0.4 is 4.90 Å². The first-order valence-corrected chi connectivity index (χ1v) is 6.36. The minimum atomic E-state index is 0.539. The largest absolute Gasteiger partial charge is 0.321 e. The van der Waals surface area contributed by atoms with Gasteiger partial charge in [-0.15, -0.1) is 0 Å². The van der Waals surface area contributed by atoms with Gasteiger partial charge in [0, 0.05) is 18.0 Å². The van der Waals surface area contributed by atoms with Crippen molar-refractivity contribution in [3.63, 3.8) is 0 Å². The summed E-state index contributed by atoms with van der Waals surface area (Å²) >= 11 is 13.4. The molecule has 1 aliphatic heterocycles. The minimum absolute atomic E-state index is 0.539. The first-order valence-electron chi connectivity index (χ1n) is 4.62. The summed E-state index contributed by atoms with van der Waals surface area (Å²) in [5.74, 6) is 1.02. The molecule has 0 aliphatic carbocycles. The van der Waals surface area contributed by atoms with E-state index < -0.39 is 0 Å². The molecular weight excluding hydrogens is 251 g/mol. The van der Waals surface area contributed by atoms with Crippen molar-refractivity contribution in [1.82, 2.24) is 0 Å². The van der Waals surface area contributed by atoms with Gasteiger partial charge in [0.1, 0.15) is 0 Å². The lowest BCUT2D eigenvalue weighted by Gasteiger charge is -2.28. The molecule has 1 aliphatic rings. The van der Waals surface area contributed by atoms with E-state index in [9.17, 15) is 0 Å². The van der Waals surface area contributed by atoms with Gasteiger partial charge in [-0.2, -0.15) is 0 Å². The Hall–Kier alpha value is -0.380. The molecule has 1 aromatic carbocycles. The van der Waals surface area contributed by atoms with Crippen molar-refractivity contribution >= 4 is 45.8 Å². The number of nitrogens with zero attached hydrogens (tertiary/aromatic N) is 1. The van der Waals surface area contributed by atoms with E-state index in [0.717, 1.165) is 24.4 Å². The number of thioether (sulfide) groups is 1. The molecule has 0 amide bonds. The number of amidine groups is 1. The molecule has 2 rings (SSSR count). The quantitative estimate of drug-likeness (QED) is 0.830. The molecular formula is C10H10Cl2N2S. The van der Waals surface area contributed by atoms with Gasteiger partial charge in [0.2, 0.25) is 0 Å². The van der Waals surface area contributed by atoms with E-state index >= 15 is 0 Å². The lowest BCUT2D eigenvalue weighted by Crippen LogP contribution is -2.33. The first kappa shape index (κ1) is 11.1. The Morgan fingerprint density at radius 3 is 2.73 bits per heavy atom. The second-order valence-corrected chi connectivity index (χ2v) is 5.16. The Bertz CT molecular complexity index is 395. The van der Waals surface area contributed by atoms with Crippen LogP contribution in [0.1, 0.15) is 6.42 Å². The molecule has 0 radical (unpaired) electrons. The molecule has 1 fully saturated rings. The van der Waals surface area contributed by atoms with Crippen LogP contribution in [0.3, 0.4) is 0 Å².